The molecule has 0 radical (unpaired) electrons. The summed E-state index contributed by atoms with van der Waals surface area (Å²) in [5, 5.41) is 2.48. The van der Waals surface area contributed by atoms with Crippen molar-refractivity contribution < 1.29 is 9.18 Å². The Bertz CT molecular complexity index is 591. The Hall–Kier alpha value is -1.53. The molecule has 0 aliphatic rings. The van der Waals surface area contributed by atoms with Crippen LogP contribution in [0.5, 0.6) is 0 Å². The van der Waals surface area contributed by atoms with Crippen LogP contribution in [0.15, 0.2) is 35.2 Å². The van der Waals surface area contributed by atoms with E-state index in [2.05, 4.69) is 31.2 Å². The standard InChI is InChI=1S/C11H6BrClFN3O/c12-9-2-1-7(5-15-9)17-11(18)8-3-6(14)4-16-10(8)13/h1-5H,(H,17,18). The Morgan fingerprint density at radius 2 is 2.11 bits per heavy atom. The van der Waals surface area contributed by atoms with Gasteiger partial charge in [-0.2, -0.15) is 0 Å². The predicted octanol–water partition coefficient (Wildman–Crippen LogP) is 3.28. The molecule has 0 bridgehead atoms. The van der Waals surface area contributed by atoms with Gasteiger partial charge in [0.15, 0.2) is 0 Å². The lowest BCUT2D eigenvalue weighted by atomic mass is 10.2. The molecule has 1 amide bonds. The van der Waals surface area contributed by atoms with E-state index in [1.807, 2.05) is 0 Å². The minimum Gasteiger partial charge on any atom is -0.320 e. The minimum atomic E-state index is -0.626. The Labute approximate surface area is 115 Å². The van der Waals surface area contributed by atoms with E-state index >= 15 is 0 Å². The number of amides is 1. The number of nitrogens with one attached hydrogen (secondary N) is 1. The van der Waals surface area contributed by atoms with Crippen molar-refractivity contribution in [3.63, 3.8) is 0 Å². The van der Waals surface area contributed by atoms with Crippen molar-refractivity contribution in [3.05, 3.63) is 51.7 Å². The first-order valence-corrected chi connectivity index (χ1v) is 5.97. The van der Waals surface area contributed by atoms with Crippen molar-refractivity contribution in [3.8, 4) is 0 Å². The smallest absolute Gasteiger partial charge is 0.258 e. The monoisotopic (exact) mass is 329 g/mol. The molecule has 0 aromatic carbocycles. The van der Waals surface area contributed by atoms with Gasteiger partial charge in [0.05, 0.1) is 23.6 Å². The molecule has 0 spiro atoms. The van der Waals surface area contributed by atoms with Crippen LogP contribution in [-0.4, -0.2) is 15.9 Å². The average Bonchev–Trinajstić information content (AvgIpc) is 2.35. The zero-order valence-electron chi connectivity index (χ0n) is 8.82. The van der Waals surface area contributed by atoms with Crippen molar-refractivity contribution in [1.29, 1.82) is 0 Å². The number of pyridine rings is 2. The molecule has 2 heterocycles. The van der Waals surface area contributed by atoms with Crippen molar-refractivity contribution in [1.82, 2.24) is 9.97 Å². The van der Waals surface area contributed by atoms with Crippen LogP contribution in [0.3, 0.4) is 0 Å². The van der Waals surface area contributed by atoms with Gasteiger partial charge in [-0.3, -0.25) is 4.79 Å². The summed E-state index contributed by atoms with van der Waals surface area (Å²) in [6, 6.07) is 4.34. The maximum atomic E-state index is 13.0. The molecule has 0 saturated heterocycles. The van der Waals surface area contributed by atoms with Gasteiger partial charge in [-0.05, 0) is 34.1 Å². The lowest BCUT2D eigenvalue weighted by molar-refractivity contribution is 0.102. The molecule has 4 nitrogen and oxygen atoms in total. The van der Waals surface area contributed by atoms with Crippen LogP contribution in [0, 0.1) is 5.82 Å². The fraction of sp³-hybridized carbons (Fsp3) is 0. The van der Waals surface area contributed by atoms with Gasteiger partial charge < -0.3 is 5.32 Å². The number of aromatic nitrogens is 2. The van der Waals surface area contributed by atoms with Gasteiger partial charge in [0.1, 0.15) is 15.6 Å². The molecule has 1 N–H and O–H groups in total. The first-order valence-electron chi connectivity index (χ1n) is 4.80. The van der Waals surface area contributed by atoms with Gasteiger partial charge in [0.25, 0.3) is 5.91 Å². The highest BCUT2D eigenvalue weighted by Gasteiger charge is 2.13. The summed E-state index contributed by atoms with van der Waals surface area (Å²) < 4.78 is 13.6. The fourth-order valence-corrected chi connectivity index (χ4v) is 1.65. The third-order valence-corrected chi connectivity index (χ3v) is 2.81. The van der Waals surface area contributed by atoms with E-state index in [4.69, 9.17) is 11.6 Å². The number of carbonyl (C=O) groups is 1. The van der Waals surface area contributed by atoms with E-state index in [9.17, 15) is 9.18 Å². The molecular formula is C11H6BrClFN3O. The number of rotatable bonds is 2. The second kappa shape index (κ2) is 5.41. The molecule has 0 unspecified atom stereocenters. The van der Waals surface area contributed by atoms with Gasteiger partial charge >= 0.3 is 0 Å². The zero-order valence-corrected chi connectivity index (χ0v) is 11.2. The summed E-state index contributed by atoms with van der Waals surface area (Å²) >= 11 is 8.89. The Morgan fingerprint density at radius 3 is 2.78 bits per heavy atom. The second-order valence-electron chi connectivity index (χ2n) is 3.32. The summed E-state index contributed by atoms with van der Waals surface area (Å²) in [6.07, 6.45) is 2.41. The summed E-state index contributed by atoms with van der Waals surface area (Å²) in [7, 11) is 0. The van der Waals surface area contributed by atoms with Crippen molar-refractivity contribution in [2.45, 2.75) is 0 Å². The molecule has 2 aromatic rings. The van der Waals surface area contributed by atoms with Crippen LogP contribution in [-0.2, 0) is 0 Å². The van der Waals surface area contributed by atoms with Crippen LogP contribution in [0.25, 0.3) is 0 Å². The van der Waals surface area contributed by atoms with E-state index in [1.54, 1.807) is 12.1 Å². The zero-order chi connectivity index (χ0) is 13.1. The number of nitrogens with zero attached hydrogens (tertiary/aromatic N) is 2. The average molecular weight is 331 g/mol. The van der Waals surface area contributed by atoms with Gasteiger partial charge in [-0.15, -0.1) is 0 Å². The quantitative estimate of drug-likeness (QED) is 0.860. The molecular weight excluding hydrogens is 324 g/mol. The third-order valence-electron chi connectivity index (χ3n) is 2.04. The maximum absolute atomic E-state index is 13.0. The molecule has 0 aliphatic heterocycles. The van der Waals surface area contributed by atoms with E-state index in [0.717, 1.165) is 12.3 Å². The molecule has 18 heavy (non-hydrogen) atoms. The van der Waals surface area contributed by atoms with E-state index in [-0.39, 0.29) is 10.7 Å². The van der Waals surface area contributed by atoms with Gasteiger partial charge in [-0.25, -0.2) is 14.4 Å². The molecule has 0 fully saturated rings. The molecule has 0 aliphatic carbocycles. The summed E-state index contributed by atoms with van der Waals surface area (Å²) in [5.74, 6) is -1.17. The highest BCUT2D eigenvalue weighted by molar-refractivity contribution is 9.10. The SMILES string of the molecule is O=C(Nc1ccc(Br)nc1)c1cc(F)cnc1Cl. The topological polar surface area (TPSA) is 54.9 Å². The van der Waals surface area contributed by atoms with Crippen LogP contribution < -0.4 is 5.32 Å². The molecule has 7 heteroatoms. The Kier molecular flexibility index (Phi) is 3.88. The van der Waals surface area contributed by atoms with Crippen LogP contribution in [0.1, 0.15) is 10.4 Å². The lowest BCUT2D eigenvalue weighted by Gasteiger charge is -2.05. The molecule has 92 valence electrons. The van der Waals surface area contributed by atoms with Crippen LogP contribution >= 0.6 is 27.5 Å². The van der Waals surface area contributed by atoms with E-state index in [0.29, 0.717) is 10.3 Å². The summed E-state index contributed by atoms with van der Waals surface area (Å²) in [5.41, 5.74) is 0.447. The minimum absolute atomic E-state index is 0.0282. The molecule has 2 aromatic heterocycles. The van der Waals surface area contributed by atoms with Crippen molar-refractivity contribution >= 4 is 39.1 Å². The molecule has 0 saturated carbocycles. The van der Waals surface area contributed by atoms with Crippen molar-refractivity contribution in [2.75, 3.05) is 5.32 Å². The number of anilines is 1. The van der Waals surface area contributed by atoms with E-state index < -0.39 is 11.7 Å². The number of halogens is 3. The van der Waals surface area contributed by atoms with Gasteiger partial charge in [0.2, 0.25) is 0 Å². The second-order valence-corrected chi connectivity index (χ2v) is 4.49. The Morgan fingerprint density at radius 1 is 1.33 bits per heavy atom. The fourth-order valence-electron chi connectivity index (χ4n) is 1.23. The highest BCUT2D eigenvalue weighted by Crippen LogP contribution is 2.16. The number of hydrogen-bond acceptors (Lipinski definition) is 3. The third kappa shape index (κ3) is 3.02. The van der Waals surface area contributed by atoms with Gasteiger partial charge in [0, 0.05) is 0 Å². The first kappa shape index (κ1) is 12.9. The number of hydrogen-bond donors (Lipinski definition) is 1. The maximum Gasteiger partial charge on any atom is 0.258 e. The largest absolute Gasteiger partial charge is 0.320 e. The van der Waals surface area contributed by atoms with Crippen molar-refractivity contribution in [2.24, 2.45) is 0 Å². The first-order chi connectivity index (χ1) is 8.56. The summed E-state index contributed by atoms with van der Waals surface area (Å²) in [6.45, 7) is 0. The van der Waals surface area contributed by atoms with Crippen LogP contribution in [0.4, 0.5) is 10.1 Å². The van der Waals surface area contributed by atoms with E-state index in [1.165, 1.54) is 6.20 Å². The summed E-state index contributed by atoms with van der Waals surface area (Å²) in [4.78, 5) is 19.3. The lowest BCUT2D eigenvalue weighted by Crippen LogP contribution is -2.13. The Balaban J connectivity index is 2.21. The molecule has 0 atom stereocenters. The van der Waals surface area contributed by atoms with Gasteiger partial charge in [-0.1, -0.05) is 11.6 Å². The normalized spacial score (nSPS) is 10.2. The predicted molar refractivity (Wildman–Crippen MR) is 69.1 cm³/mol. The highest BCUT2D eigenvalue weighted by atomic mass is 79.9. The molecule has 2 rings (SSSR count). The number of carbonyl (C=O) groups excluding carboxylic acids is 1. The van der Waals surface area contributed by atoms with Crippen LogP contribution in [0.2, 0.25) is 5.15 Å².